The van der Waals surface area contributed by atoms with Gasteiger partial charge in [-0.3, -0.25) is 9.98 Å². The molecule has 7 rings (SSSR count). The molecule has 0 N–H and O–H groups in total. The first-order valence-electron chi connectivity index (χ1n) is 14.3. The zero-order valence-corrected chi connectivity index (χ0v) is 26.8. The van der Waals surface area contributed by atoms with Crippen LogP contribution in [-0.4, -0.2) is 12.4 Å². The van der Waals surface area contributed by atoms with Gasteiger partial charge in [-0.15, -0.1) is 0 Å². The maximum absolute atomic E-state index is 6.37. The molecule has 1 aliphatic carbocycles. The topological polar surface area (TPSA) is 24.7 Å². The van der Waals surface area contributed by atoms with E-state index in [4.69, 9.17) is 56.4 Å². The van der Waals surface area contributed by atoms with Crippen LogP contribution in [-0.2, 0) is 5.41 Å². The SMILES string of the molecule is Clc1ccc(C=Nc2ccc(C3(c4ccc(N=Cc5ccc(Cl)cc5Cl)cc4)c4ccccc4-c4ccccc43)cc2)c(Cl)c1. The first kappa shape index (κ1) is 29.5. The van der Waals surface area contributed by atoms with Gasteiger partial charge in [-0.05, 0) is 81.9 Å². The fraction of sp³-hybridized carbons (Fsp3) is 0.0256. The van der Waals surface area contributed by atoms with Crippen LogP contribution < -0.4 is 0 Å². The van der Waals surface area contributed by atoms with E-state index in [0.717, 1.165) is 33.6 Å². The molecule has 6 aromatic rings. The molecular formula is C39H24Cl4N2. The Morgan fingerprint density at radius 1 is 0.444 bits per heavy atom. The van der Waals surface area contributed by atoms with Crippen molar-refractivity contribution in [1.29, 1.82) is 0 Å². The Morgan fingerprint density at radius 3 is 1.24 bits per heavy atom. The molecule has 0 saturated heterocycles. The standard InChI is InChI=1S/C39H24Cl4N2/c40-29-15-9-25(37(42)21-29)23-44-31-17-11-27(12-18-31)39(35-7-3-1-5-33(35)34-6-2-4-8-36(34)39)28-13-19-32(20-14-28)45-24-26-10-16-30(41)22-38(26)43/h1-24H. The number of fused-ring (bicyclic) bond motifs is 3. The monoisotopic (exact) mass is 660 g/mol. The number of halogens is 4. The number of nitrogens with zero attached hydrogens (tertiary/aromatic N) is 2. The van der Waals surface area contributed by atoms with E-state index in [2.05, 4.69) is 97.1 Å². The van der Waals surface area contributed by atoms with E-state index in [1.54, 1.807) is 36.7 Å². The summed E-state index contributed by atoms with van der Waals surface area (Å²) in [6.45, 7) is 0. The average molecular weight is 662 g/mol. The molecule has 0 amide bonds. The second-order valence-electron chi connectivity index (χ2n) is 10.8. The van der Waals surface area contributed by atoms with Crippen molar-refractivity contribution in [2.75, 3.05) is 0 Å². The molecule has 0 saturated carbocycles. The molecule has 2 nitrogen and oxygen atoms in total. The Balaban J connectivity index is 1.31. The number of hydrogen-bond donors (Lipinski definition) is 0. The van der Waals surface area contributed by atoms with E-state index >= 15 is 0 Å². The minimum absolute atomic E-state index is 0.531. The van der Waals surface area contributed by atoms with Gasteiger partial charge in [-0.2, -0.15) is 0 Å². The van der Waals surface area contributed by atoms with Crippen LogP contribution in [0.3, 0.4) is 0 Å². The van der Waals surface area contributed by atoms with Crippen LogP contribution in [0, 0.1) is 0 Å². The van der Waals surface area contributed by atoms with Gasteiger partial charge in [0.25, 0.3) is 0 Å². The summed E-state index contributed by atoms with van der Waals surface area (Å²) in [5.41, 5.74) is 9.95. The summed E-state index contributed by atoms with van der Waals surface area (Å²) in [5, 5.41) is 2.31. The van der Waals surface area contributed by atoms with Crippen LogP contribution in [0.15, 0.2) is 143 Å². The third-order valence-electron chi connectivity index (χ3n) is 8.18. The maximum atomic E-state index is 6.37. The molecule has 6 aromatic carbocycles. The fourth-order valence-corrected chi connectivity index (χ4v) is 7.03. The second-order valence-corrected chi connectivity index (χ2v) is 12.5. The van der Waals surface area contributed by atoms with Gasteiger partial charge in [0.1, 0.15) is 0 Å². The Kier molecular flexibility index (Phi) is 8.08. The first-order valence-corrected chi connectivity index (χ1v) is 15.8. The molecule has 0 spiro atoms. The quantitative estimate of drug-likeness (QED) is 0.158. The predicted octanol–water partition coefficient (Wildman–Crippen LogP) is 12.2. The van der Waals surface area contributed by atoms with Crippen LogP contribution in [0.4, 0.5) is 11.4 Å². The highest BCUT2D eigenvalue weighted by Gasteiger charge is 2.45. The van der Waals surface area contributed by atoms with Gasteiger partial charge in [0.2, 0.25) is 0 Å². The van der Waals surface area contributed by atoms with Crippen molar-refractivity contribution < 1.29 is 0 Å². The summed E-state index contributed by atoms with van der Waals surface area (Å²) < 4.78 is 0. The lowest BCUT2D eigenvalue weighted by Gasteiger charge is -2.34. The first-order chi connectivity index (χ1) is 21.9. The van der Waals surface area contributed by atoms with Crippen molar-refractivity contribution in [3.63, 3.8) is 0 Å². The van der Waals surface area contributed by atoms with Crippen molar-refractivity contribution in [3.05, 3.63) is 187 Å². The van der Waals surface area contributed by atoms with E-state index in [1.165, 1.54) is 22.3 Å². The molecule has 0 heterocycles. The van der Waals surface area contributed by atoms with Crippen LogP contribution >= 0.6 is 46.4 Å². The average Bonchev–Trinajstić information content (AvgIpc) is 3.36. The highest BCUT2D eigenvalue weighted by molar-refractivity contribution is 6.36. The molecule has 0 unspecified atom stereocenters. The van der Waals surface area contributed by atoms with E-state index < -0.39 is 5.41 Å². The summed E-state index contributed by atoms with van der Waals surface area (Å²) in [4.78, 5) is 9.40. The molecule has 0 atom stereocenters. The lowest BCUT2D eigenvalue weighted by Crippen LogP contribution is -2.28. The summed E-state index contributed by atoms with van der Waals surface area (Å²) in [5.74, 6) is 0. The van der Waals surface area contributed by atoms with Gasteiger partial charge in [0.15, 0.2) is 0 Å². The Morgan fingerprint density at radius 2 is 0.844 bits per heavy atom. The lowest BCUT2D eigenvalue weighted by atomic mass is 9.67. The normalized spacial score (nSPS) is 13.3. The van der Waals surface area contributed by atoms with E-state index in [1.807, 2.05) is 12.1 Å². The summed E-state index contributed by atoms with van der Waals surface area (Å²) in [6.07, 6.45) is 3.53. The van der Waals surface area contributed by atoms with Crippen LogP contribution in [0.1, 0.15) is 33.4 Å². The molecule has 0 radical (unpaired) electrons. The Hall–Kier alpha value is -4.18. The summed E-state index contributed by atoms with van der Waals surface area (Å²) >= 11 is 24.9. The van der Waals surface area contributed by atoms with E-state index in [0.29, 0.717) is 20.1 Å². The smallest absolute Gasteiger partial charge is 0.0713 e. The highest BCUT2D eigenvalue weighted by Crippen LogP contribution is 2.56. The summed E-state index contributed by atoms with van der Waals surface area (Å²) in [6, 6.07) is 45.0. The molecule has 0 bridgehead atoms. The van der Waals surface area contributed by atoms with Gasteiger partial charge in [0, 0.05) is 33.6 Å². The zero-order chi connectivity index (χ0) is 31.0. The molecule has 0 aromatic heterocycles. The van der Waals surface area contributed by atoms with E-state index in [9.17, 15) is 0 Å². The van der Waals surface area contributed by atoms with Gasteiger partial charge in [-0.25, -0.2) is 0 Å². The van der Waals surface area contributed by atoms with Gasteiger partial charge >= 0.3 is 0 Å². The van der Waals surface area contributed by atoms with Gasteiger partial charge in [0.05, 0.1) is 26.8 Å². The van der Waals surface area contributed by atoms with Crippen LogP contribution in [0.25, 0.3) is 11.1 Å². The molecule has 6 heteroatoms. The molecular weight excluding hydrogens is 638 g/mol. The third-order valence-corrected chi connectivity index (χ3v) is 9.31. The second kappa shape index (κ2) is 12.3. The lowest BCUT2D eigenvalue weighted by molar-refractivity contribution is 0.768. The van der Waals surface area contributed by atoms with Crippen molar-refractivity contribution >= 4 is 70.2 Å². The van der Waals surface area contributed by atoms with Gasteiger partial charge in [-0.1, -0.05) is 131 Å². The minimum atomic E-state index is -0.531. The van der Waals surface area contributed by atoms with E-state index in [-0.39, 0.29) is 0 Å². The van der Waals surface area contributed by atoms with Gasteiger partial charge < -0.3 is 0 Å². The molecule has 1 aliphatic rings. The number of rotatable bonds is 6. The number of aliphatic imine (C=N–C) groups is 2. The predicted molar refractivity (Wildman–Crippen MR) is 191 cm³/mol. The Labute approximate surface area is 282 Å². The van der Waals surface area contributed by atoms with Crippen molar-refractivity contribution in [2.45, 2.75) is 5.41 Å². The Bertz CT molecular complexity index is 1950. The number of hydrogen-bond acceptors (Lipinski definition) is 2. The largest absolute Gasteiger partial charge is 0.256 e. The highest BCUT2D eigenvalue weighted by atomic mass is 35.5. The van der Waals surface area contributed by atoms with Crippen LogP contribution in [0.2, 0.25) is 20.1 Å². The van der Waals surface area contributed by atoms with Crippen molar-refractivity contribution in [1.82, 2.24) is 0 Å². The maximum Gasteiger partial charge on any atom is 0.0713 e. The van der Waals surface area contributed by atoms with Crippen molar-refractivity contribution in [2.24, 2.45) is 9.98 Å². The third kappa shape index (κ3) is 5.49. The summed E-state index contributed by atoms with van der Waals surface area (Å²) in [7, 11) is 0. The molecule has 0 aliphatic heterocycles. The fourth-order valence-electron chi connectivity index (χ4n) is 6.12. The van der Waals surface area contributed by atoms with Crippen LogP contribution in [0.5, 0.6) is 0 Å². The zero-order valence-electron chi connectivity index (χ0n) is 23.8. The molecule has 0 fully saturated rings. The molecule has 218 valence electrons. The molecule has 45 heavy (non-hydrogen) atoms. The van der Waals surface area contributed by atoms with Crippen molar-refractivity contribution in [3.8, 4) is 11.1 Å². The minimum Gasteiger partial charge on any atom is -0.256 e. The number of benzene rings is 6.